The Morgan fingerprint density at radius 1 is 1.32 bits per heavy atom. The summed E-state index contributed by atoms with van der Waals surface area (Å²) in [4.78, 5) is 11.6. The molecule has 1 aromatic rings. The standard InChI is InChI=1S/C12H10F3NOS2/c1-6(9-10(17)16-11(18)19-9)7-2-4-8(5-3-7)12(13,14)15/h2-6,9H,1H3,(H,16,17,18). The number of rotatable bonds is 2. The second-order valence-electron chi connectivity index (χ2n) is 4.22. The molecule has 1 aliphatic rings. The van der Waals surface area contributed by atoms with Crippen molar-refractivity contribution in [1.29, 1.82) is 0 Å². The topological polar surface area (TPSA) is 29.1 Å². The number of carbonyl (C=O) groups excluding carboxylic acids is 1. The minimum absolute atomic E-state index is 0.192. The molecule has 0 bridgehead atoms. The van der Waals surface area contributed by atoms with E-state index < -0.39 is 11.7 Å². The molecule has 1 N–H and O–H groups in total. The van der Waals surface area contributed by atoms with E-state index in [0.717, 1.165) is 12.1 Å². The maximum atomic E-state index is 12.4. The molecule has 1 aromatic carbocycles. The summed E-state index contributed by atoms with van der Waals surface area (Å²) >= 11 is 6.13. The second-order valence-corrected chi connectivity index (χ2v) is 6.04. The lowest BCUT2D eigenvalue weighted by atomic mass is 9.96. The lowest BCUT2D eigenvalue weighted by Crippen LogP contribution is -2.27. The third kappa shape index (κ3) is 3.09. The zero-order valence-corrected chi connectivity index (χ0v) is 11.5. The van der Waals surface area contributed by atoms with E-state index in [2.05, 4.69) is 5.32 Å². The second kappa shape index (κ2) is 5.13. The third-order valence-corrected chi connectivity index (χ3v) is 4.52. The van der Waals surface area contributed by atoms with Crippen LogP contribution in [-0.2, 0) is 11.0 Å². The van der Waals surface area contributed by atoms with Gasteiger partial charge in [-0.2, -0.15) is 13.2 Å². The number of thiocarbonyl (C=S) groups is 1. The lowest BCUT2D eigenvalue weighted by Gasteiger charge is -2.16. The van der Waals surface area contributed by atoms with Crippen molar-refractivity contribution in [2.45, 2.75) is 24.3 Å². The normalized spacial score (nSPS) is 21.4. The molecule has 0 saturated carbocycles. The Bertz CT molecular complexity index is 513. The van der Waals surface area contributed by atoms with Crippen LogP contribution in [0, 0.1) is 0 Å². The lowest BCUT2D eigenvalue weighted by molar-refractivity contribution is -0.137. The number of amides is 1. The van der Waals surface area contributed by atoms with Crippen molar-refractivity contribution in [3.63, 3.8) is 0 Å². The number of carbonyl (C=O) groups is 1. The summed E-state index contributed by atoms with van der Waals surface area (Å²) < 4.78 is 37.8. The SMILES string of the molecule is CC(c1ccc(C(F)(F)F)cc1)C1SC(=S)NC1=O. The predicted octanol–water partition coefficient (Wildman–Crippen LogP) is 3.33. The number of hydrogen-bond acceptors (Lipinski definition) is 3. The van der Waals surface area contributed by atoms with Crippen molar-refractivity contribution in [1.82, 2.24) is 5.32 Å². The quantitative estimate of drug-likeness (QED) is 0.850. The van der Waals surface area contributed by atoms with Gasteiger partial charge in [0.25, 0.3) is 0 Å². The highest BCUT2D eigenvalue weighted by Gasteiger charge is 2.35. The van der Waals surface area contributed by atoms with Crippen molar-refractivity contribution in [3.05, 3.63) is 35.4 Å². The van der Waals surface area contributed by atoms with Crippen LogP contribution < -0.4 is 5.32 Å². The Morgan fingerprint density at radius 2 is 1.89 bits per heavy atom. The van der Waals surface area contributed by atoms with Crippen molar-refractivity contribution >= 4 is 34.2 Å². The van der Waals surface area contributed by atoms with Crippen LogP contribution in [0.15, 0.2) is 24.3 Å². The van der Waals surface area contributed by atoms with Gasteiger partial charge in [-0.3, -0.25) is 4.79 Å². The first-order valence-electron chi connectivity index (χ1n) is 5.47. The first-order valence-corrected chi connectivity index (χ1v) is 6.76. The number of alkyl halides is 3. The van der Waals surface area contributed by atoms with Crippen LogP contribution in [0.5, 0.6) is 0 Å². The average Bonchev–Trinajstić information content (AvgIpc) is 2.66. The van der Waals surface area contributed by atoms with E-state index >= 15 is 0 Å². The van der Waals surface area contributed by atoms with E-state index in [9.17, 15) is 18.0 Å². The van der Waals surface area contributed by atoms with Gasteiger partial charge in [-0.05, 0) is 17.7 Å². The van der Waals surface area contributed by atoms with Crippen LogP contribution in [0.2, 0.25) is 0 Å². The molecule has 2 rings (SSSR count). The Kier molecular flexibility index (Phi) is 3.87. The number of benzene rings is 1. The molecular formula is C12H10F3NOS2. The van der Waals surface area contributed by atoms with E-state index in [1.54, 1.807) is 6.92 Å². The van der Waals surface area contributed by atoms with Gasteiger partial charge in [-0.25, -0.2) is 0 Å². The van der Waals surface area contributed by atoms with Gasteiger partial charge in [0.15, 0.2) is 0 Å². The van der Waals surface area contributed by atoms with Gasteiger partial charge in [0.05, 0.1) is 10.8 Å². The van der Waals surface area contributed by atoms with E-state index in [-0.39, 0.29) is 17.1 Å². The fourth-order valence-corrected chi connectivity index (χ4v) is 3.18. The van der Waals surface area contributed by atoms with Gasteiger partial charge in [-0.1, -0.05) is 43.0 Å². The molecule has 0 radical (unpaired) electrons. The van der Waals surface area contributed by atoms with Gasteiger partial charge in [0.1, 0.15) is 4.32 Å². The summed E-state index contributed by atoms with van der Waals surface area (Å²) in [5.74, 6) is -0.393. The molecule has 2 unspecified atom stereocenters. The molecule has 1 aliphatic heterocycles. The first-order chi connectivity index (χ1) is 8.79. The number of halogens is 3. The first kappa shape index (κ1) is 14.3. The Balaban J connectivity index is 2.18. The highest BCUT2D eigenvalue weighted by atomic mass is 32.2. The number of hydrogen-bond donors (Lipinski definition) is 1. The van der Waals surface area contributed by atoms with Gasteiger partial charge < -0.3 is 5.32 Å². The summed E-state index contributed by atoms with van der Waals surface area (Å²) in [5, 5.41) is 2.14. The summed E-state index contributed by atoms with van der Waals surface area (Å²) in [7, 11) is 0. The van der Waals surface area contributed by atoms with Crippen LogP contribution in [0.25, 0.3) is 0 Å². The van der Waals surface area contributed by atoms with Crippen LogP contribution in [0.3, 0.4) is 0 Å². The summed E-state index contributed by atoms with van der Waals surface area (Å²) in [6.07, 6.45) is -4.34. The molecule has 7 heteroatoms. The highest BCUT2D eigenvalue weighted by molar-refractivity contribution is 8.24. The molecular weight excluding hydrogens is 295 g/mol. The zero-order valence-electron chi connectivity index (χ0n) is 9.82. The van der Waals surface area contributed by atoms with Gasteiger partial charge in [0, 0.05) is 5.92 Å². The van der Waals surface area contributed by atoms with E-state index in [1.165, 1.54) is 23.9 Å². The maximum absolute atomic E-state index is 12.4. The fraction of sp³-hybridized carbons (Fsp3) is 0.333. The monoisotopic (exact) mass is 305 g/mol. The molecule has 1 heterocycles. The van der Waals surface area contributed by atoms with Gasteiger partial charge in [-0.15, -0.1) is 0 Å². The fourth-order valence-electron chi connectivity index (χ4n) is 1.85. The predicted molar refractivity (Wildman–Crippen MR) is 72.0 cm³/mol. The number of thioether (sulfide) groups is 1. The summed E-state index contributed by atoms with van der Waals surface area (Å²) in [6, 6.07) is 4.87. The number of nitrogens with one attached hydrogen (secondary N) is 1. The molecule has 1 amide bonds. The molecule has 0 spiro atoms. The summed E-state index contributed by atoms with van der Waals surface area (Å²) in [5.41, 5.74) is -0.00662. The third-order valence-electron chi connectivity index (χ3n) is 2.94. The molecule has 102 valence electrons. The minimum atomic E-state index is -4.34. The molecule has 0 aromatic heterocycles. The zero-order chi connectivity index (χ0) is 14.2. The largest absolute Gasteiger partial charge is 0.416 e. The van der Waals surface area contributed by atoms with Crippen LogP contribution in [-0.4, -0.2) is 15.5 Å². The maximum Gasteiger partial charge on any atom is 0.416 e. The Labute approximate surface area is 117 Å². The van der Waals surface area contributed by atoms with Gasteiger partial charge in [0.2, 0.25) is 5.91 Å². The van der Waals surface area contributed by atoms with Crippen LogP contribution in [0.4, 0.5) is 13.2 Å². The summed E-state index contributed by atoms with van der Waals surface area (Å²) in [6.45, 7) is 1.80. The smallest absolute Gasteiger partial charge is 0.311 e. The molecule has 19 heavy (non-hydrogen) atoms. The molecule has 2 nitrogen and oxygen atoms in total. The molecule has 2 atom stereocenters. The van der Waals surface area contributed by atoms with Crippen LogP contribution in [0.1, 0.15) is 24.0 Å². The van der Waals surface area contributed by atoms with Gasteiger partial charge >= 0.3 is 6.18 Å². The van der Waals surface area contributed by atoms with E-state index in [4.69, 9.17) is 12.2 Å². The Morgan fingerprint density at radius 3 is 2.32 bits per heavy atom. The van der Waals surface area contributed by atoms with Crippen LogP contribution >= 0.6 is 24.0 Å². The van der Waals surface area contributed by atoms with Crippen molar-refractivity contribution in [2.24, 2.45) is 0 Å². The van der Waals surface area contributed by atoms with E-state index in [1.807, 2.05) is 0 Å². The van der Waals surface area contributed by atoms with Crippen molar-refractivity contribution in [3.8, 4) is 0 Å². The minimum Gasteiger partial charge on any atom is -0.311 e. The average molecular weight is 305 g/mol. The van der Waals surface area contributed by atoms with Crippen molar-refractivity contribution < 1.29 is 18.0 Å². The highest BCUT2D eigenvalue weighted by Crippen LogP contribution is 2.35. The Hall–Kier alpha value is -1.08. The molecule has 1 fully saturated rings. The van der Waals surface area contributed by atoms with E-state index in [0.29, 0.717) is 9.88 Å². The molecule has 0 aliphatic carbocycles. The van der Waals surface area contributed by atoms with Crippen molar-refractivity contribution in [2.75, 3.05) is 0 Å². The molecule has 1 saturated heterocycles.